The maximum Gasteiger partial charge on any atom is 0.219 e. The van der Waals surface area contributed by atoms with Crippen LogP contribution < -0.4 is 4.74 Å². The van der Waals surface area contributed by atoms with E-state index in [4.69, 9.17) is 16.3 Å². The number of rotatable bonds is 3. The fraction of sp³-hybridized carbons (Fsp3) is 0.154. The number of alkyl halides is 1. The molecule has 1 aromatic heterocycles. The summed E-state index contributed by atoms with van der Waals surface area (Å²) in [5.41, 5.74) is 1.93. The van der Waals surface area contributed by atoms with Gasteiger partial charge in [-0.2, -0.15) is 0 Å². The van der Waals surface area contributed by atoms with E-state index in [1.54, 1.807) is 0 Å². The van der Waals surface area contributed by atoms with Crippen LogP contribution in [0.1, 0.15) is 11.3 Å². The van der Waals surface area contributed by atoms with Crippen LogP contribution in [0.3, 0.4) is 0 Å². The third-order valence-electron chi connectivity index (χ3n) is 2.35. The van der Waals surface area contributed by atoms with E-state index >= 15 is 0 Å². The second-order valence-corrected chi connectivity index (χ2v) is 5.10. The first kappa shape index (κ1) is 12.6. The molecule has 88 valence electrons. The first-order valence-electron chi connectivity index (χ1n) is 5.15. The summed E-state index contributed by atoms with van der Waals surface area (Å²) in [5, 5.41) is 0. The molecule has 1 heterocycles. The third-order valence-corrected chi connectivity index (χ3v) is 3.36. The molecule has 0 atom stereocenters. The zero-order valence-corrected chi connectivity index (χ0v) is 12.2. The van der Waals surface area contributed by atoms with Gasteiger partial charge >= 0.3 is 0 Å². The van der Waals surface area contributed by atoms with Crippen molar-refractivity contribution < 1.29 is 4.74 Å². The van der Waals surface area contributed by atoms with Gasteiger partial charge < -0.3 is 4.74 Å². The van der Waals surface area contributed by atoms with Gasteiger partial charge in [0, 0.05) is 21.2 Å². The van der Waals surface area contributed by atoms with Crippen LogP contribution in [0.4, 0.5) is 0 Å². The Labute approximate surface area is 119 Å². The topological polar surface area (TPSA) is 22.1 Å². The molecule has 0 radical (unpaired) electrons. The number of nitrogens with zero attached hydrogens (tertiary/aromatic N) is 1. The number of aryl methyl sites for hydroxylation is 1. The summed E-state index contributed by atoms with van der Waals surface area (Å²) in [6.45, 7) is 1.93. The molecular formula is C13H11ClINO. The van der Waals surface area contributed by atoms with Crippen molar-refractivity contribution in [2.75, 3.05) is 0 Å². The van der Waals surface area contributed by atoms with E-state index in [1.165, 1.54) is 3.57 Å². The second-order valence-electron chi connectivity index (χ2n) is 3.58. The molecule has 0 unspecified atom stereocenters. The monoisotopic (exact) mass is 359 g/mol. The summed E-state index contributed by atoms with van der Waals surface area (Å²) in [6.07, 6.45) is 0. The fourth-order valence-corrected chi connectivity index (χ4v) is 2.03. The highest BCUT2D eigenvalue weighted by Gasteiger charge is 2.02. The molecule has 0 amide bonds. The molecule has 0 spiro atoms. The minimum absolute atomic E-state index is 0.475. The number of pyridine rings is 1. The van der Waals surface area contributed by atoms with Gasteiger partial charge in [-0.3, -0.25) is 0 Å². The highest BCUT2D eigenvalue weighted by Crippen LogP contribution is 2.22. The third kappa shape index (κ3) is 3.33. The van der Waals surface area contributed by atoms with Crippen LogP contribution in [-0.4, -0.2) is 4.98 Å². The van der Waals surface area contributed by atoms with Gasteiger partial charge in [-0.25, -0.2) is 4.98 Å². The molecule has 0 saturated carbocycles. The number of aromatic nitrogens is 1. The van der Waals surface area contributed by atoms with Crippen LogP contribution in [0.25, 0.3) is 0 Å². The highest BCUT2D eigenvalue weighted by molar-refractivity contribution is 14.1. The molecule has 0 aliphatic heterocycles. The second kappa shape index (κ2) is 5.69. The Balaban J connectivity index is 2.19. The number of hydrogen-bond donors (Lipinski definition) is 0. The molecule has 0 saturated heterocycles. The quantitative estimate of drug-likeness (QED) is 0.593. The molecule has 2 nitrogen and oxygen atoms in total. The Morgan fingerprint density at radius 1 is 1.18 bits per heavy atom. The molecule has 1 aromatic carbocycles. The molecule has 0 aliphatic carbocycles. The standard InChI is InChI=1S/C13H11ClINO/c1-9-10(8-14)2-7-13(16-9)17-12-5-3-11(15)4-6-12/h2-7H,8H2,1H3. The van der Waals surface area contributed by atoms with Gasteiger partial charge in [0.2, 0.25) is 5.88 Å². The number of benzene rings is 1. The Morgan fingerprint density at radius 3 is 2.47 bits per heavy atom. The molecular weight excluding hydrogens is 349 g/mol. The highest BCUT2D eigenvalue weighted by atomic mass is 127. The predicted molar refractivity (Wildman–Crippen MR) is 77.8 cm³/mol. The van der Waals surface area contributed by atoms with Crippen molar-refractivity contribution in [2.24, 2.45) is 0 Å². The molecule has 2 rings (SSSR count). The molecule has 0 aliphatic rings. The van der Waals surface area contributed by atoms with Gasteiger partial charge in [0.15, 0.2) is 0 Å². The average molecular weight is 360 g/mol. The Morgan fingerprint density at radius 2 is 1.88 bits per heavy atom. The molecule has 0 N–H and O–H groups in total. The average Bonchev–Trinajstić information content (AvgIpc) is 2.32. The molecule has 0 fully saturated rings. The normalized spacial score (nSPS) is 10.3. The van der Waals surface area contributed by atoms with E-state index in [0.717, 1.165) is 17.0 Å². The van der Waals surface area contributed by atoms with E-state index in [2.05, 4.69) is 27.6 Å². The van der Waals surface area contributed by atoms with Gasteiger partial charge in [0.1, 0.15) is 5.75 Å². The van der Waals surface area contributed by atoms with Gasteiger partial charge in [-0.1, -0.05) is 6.07 Å². The zero-order chi connectivity index (χ0) is 12.3. The zero-order valence-electron chi connectivity index (χ0n) is 9.28. The summed E-state index contributed by atoms with van der Waals surface area (Å²) in [7, 11) is 0. The Bertz CT molecular complexity index is 513. The minimum atomic E-state index is 0.475. The maximum atomic E-state index is 5.78. The van der Waals surface area contributed by atoms with E-state index < -0.39 is 0 Å². The number of hydrogen-bond acceptors (Lipinski definition) is 2. The summed E-state index contributed by atoms with van der Waals surface area (Å²) in [4.78, 5) is 4.35. The van der Waals surface area contributed by atoms with Crippen molar-refractivity contribution in [3.05, 3.63) is 51.2 Å². The lowest BCUT2D eigenvalue weighted by Crippen LogP contribution is -1.93. The lowest BCUT2D eigenvalue weighted by molar-refractivity contribution is 0.461. The largest absolute Gasteiger partial charge is 0.439 e. The predicted octanol–water partition coefficient (Wildman–Crippen LogP) is 4.53. The minimum Gasteiger partial charge on any atom is -0.439 e. The molecule has 17 heavy (non-hydrogen) atoms. The molecule has 0 bridgehead atoms. The Hall–Kier alpha value is -0.810. The summed E-state index contributed by atoms with van der Waals surface area (Å²) in [5.74, 6) is 1.86. The summed E-state index contributed by atoms with van der Waals surface area (Å²) in [6, 6.07) is 11.6. The maximum absolute atomic E-state index is 5.78. The number of halogens is 2. The van der Waals surface area contributed by atoms with E-state index in [-0.39, 0.29) is 0 Å². The van der Waals surface area contributed by atoms with Crippen LogP contribution in [0.5, 0.6) is 11.6 Å². The summed E-state index contributed by atoms with van der Waals surface area (Å²) < 4.78 is 6.83. The SMILES string of the molecule is Cc1nc(Oc2ccc(I)cc2)ccc1CCl. The van der Waals surface area contributed by atoms with Crippen molar-refractivity contribution >= 4 is 34.2 Å². The van der Waals surface area contributed by atoms with Gasteiger partial charge in [0.25, 0.3) is 0 Å². The van der Waals surface area contributed by atoms with Gasteiger partial charge in [0.05, 0.1) is 0 Å². The number of ether oxygens (including phenoxy) is 1. The van der Waals surface area contributed by atoms with E-state index in [0.29, 0.717) is 11.8 Å². The smallest absolute Gasteiger partial charge is 0.219 e. The van der Waals surface area contributed by atoms with Crippen molar-refractivity contribution in [2.45, 2.75) is 12.8 Å². The van der Waals surface area contributed by atoms with Crippen LogP contribution in [-0.2, 0) is 5.88 Å². The van der Waals surface area contributed by atoms with Crippen molar-refractivity contribution in [1.82, 2.24) is 4.98 Å². The van der Waals surface area contributed by atoms with Crippen LogP contribution in [0, 0.1) is 10.5 Å². The lowest BCUT2D eigenvalue weighted by atomic mass is 10.2. The van der Waals surface area contributed by atoms with Gasteiger partial charge in [-0.15, -0.1) is 11.6 Å². The Kier molecular flexibility index (Phi) is 4.23. The van der Waals surface area contributed by atoms with E-state index in [9.17, 15) is 0 Å². The van der Waals surface area contributed by atoms with E-state index in [1.807, 2.05) is 43.3 Å². The lowest BCUT2D eigenvalue weighted by Gasteiger charge is -2.07. The van der Waals surface area contributed by atoms with Crippen molar-refractivity contribution in [3.8, 4) is 11.6 Å². The van der Waals surface area contributed by atoms with Crippen LogP contribution in [0.2, 0.25) is 0 Å². The van der Waals surface area contributed by atoms with Crippen LogP contribution >= 0.6 is 34.2 Å². The molecule has 2 aromatic rings. The van der Waals surface area contributed by atoms with Gasteiger partial charge in [-0.05, 0) is 59.3 Å². The van der Waals surface area contributed by atoms with Crippen molar-refractivity contribution in [1.29, 1.82) is 0 Å². The molecule has 4 heteroatoms. The van der Waals surface area contributed by atoms with Crippen molar-refractivity contribution in [3.63, 3.8) is 0 Å². The first-order chi connectivity index (χ1) is 8.19. The summed E-state index contributed by atoms with van der Waals surface area (Å²) >= 11 is 8.04. The van der Waals surface area contributed by atoms with Crippen LogP contribution in [0.15, 0.2) is 36.4 Å². The fourth-order valence-electron chi connectivity index (χ4n) is 1.39. The first-order valence-corrected chi connectivity index (χ1v) is 6.76.